The van der Waals surface area contributed by atoms with Gasteiger partial charge in [-0.3, -0.25) is 10.2 Å². The number of halogens is 3. The molecule has 32 heavy (non-hydrogen) atoms. The van der Waals surface area contributed by atoms with Crippen LogP contribution in [0.15, 0.2) is 36.4 Å². The number of aromatic nitrogens is 2. The number of nitrogens with one attached hydrogen (secondary N) is 1. The number of nitrogens with zero attached hydrogens (tertiary/aromatic N) is 3. The van der Waals surface area contributed by atoms with Crippen molar-refractivity contribution in [1.29, 1.82) is 0 Å². The quantitative estimate of drug-likeness (QED) is 0.393. The summed E-state index contributed by atoms with van der Waals surface area (Å²) >= 11 is 14.9. The number of amides is 1. The number of rotatable bonds is 3. The third-order valence-corrected chi connectivity index (χ3v) is 6.98. The van der Waals surface area contributed by atoms with Crippen LogP contribution in [0.2, 0.25) is 10.0 Å². The third-order valence-electron chi connectivity index (χ3n) is 5.77. The lowest BCUT2D eigenvalue weighted by Gasteiger charge is -2.22. The number of fused-ring (bicyclic) bond motifs is 3. The summed E-state index contributed by atoms with van der Waals surface area (Å²) in [5.74, 6) is 0.527. The molecular weight excluding hydrogens is 562 g/mol. The highest BCUT2D eigenvalue weighted by Gasteiger charge is 2.31. The topological polar surface area (TPSA) is 59.4 Å². The predicted molar refractivity (Wildman–Crippen MR) is 134 cm³/mol. The molecule has 2 aromatic carbocycles. The molecule has 2 aliphatic heterocycles. The van der Waals surface area contributed by atoms with Crippen molar-refractivity contribution >= 4 is 51.7 Å². The van der Waals surface area contributed by atoms with Crippen LogP contribution in [-0.2, 0) is 6.61 Å². The van der Waals surface area contributed by atoms with Gasteiger partial charge in [0.2, 0.25) is 0 Å². The lowest BCUT2D eigenvalue weighted by Crippen LogP contribution is -2.43. The van der Waals surface area contributed by atoms with Gasteiger partial charge in [-0.05, 0) is 71.8 Å². The summed E-state index contributed by atoms with van der Waals surface area (Å²) < 4.78 is 8.83. The van der Waals surface area contributed by atoms with Crippen LogP contribution in [0.25, 0.3) is 16.9 Å². The van der Waals surface area contributed by atoms with Crippen LogP contribution in [0, 0.1) is 3.57 Å². The molecular formula is C23H21Cl2IN4O2. The van der Waals surface area contributed by atoms with Crippen molar-refractivity contribution < 1.29 is 9.53 Å². The Hall–Kier alpha value is -1.81. The first kappa shape index (κ1) is 22.0. The fourth-order valence-corrected chi connectivity index (χ4v) is 5.16. The number of hydrogen-bond acceptors (Lipinski definition) is 4. The summed E-state index contributed by atoms with van der Waals surface area (Å²) in [6.45, 7) is 1.95. The normalized spacial score (nSPS) is 16.0. The lowest BCUT2D eigenvalue weighted by molar-refractivity contribution is 0.0786. The number of carbonyl (C=O) groups is 1. The Balaban J connectivity index is 1.61. The molecule has 9 heteroatoms. The van der Waals surface area contributed by atoms with E-state index < -0.39 is 0 Å². The molecule has 0 radical (unpaired) electrons. The molecule has 0 spiro atoms. The van der Waals surface area contributed by atoms with E-state index in [1.165, 1.54) is 12.8 Å². The molecule has 5 rings (SSSR count). The first-order valence-electron chi connectivity index (χ1n) is 10.6. The second-order valence-electron chi connectivity index (χ2n) is 7.95. The number of benzene rings is 2. The van der Waals surface area contributed by atoms with Crippen molar-refractivity contribution in [2.24, 2.45) is 0 Å². The van der Waals surface area contributed by atoms with Crippen molar-refractivity contribution in [1.82, 2.24) is 20.2 Å². The Morgan fingerprint density at radius 2 is 1.84 bits per heavy atom. The molecule has 6 nitrogen and oxygen atoms in total. The summed E-state index contributed by atoms with van der Waals surface area (Å²) in [5.41, 5.74) is 6.50. The van der Waals surface area contributed by atoms with E-state index in [1.807, 2.05) is 29.3 Å². The second-order valence-corrected chi connectivity index (χ2v) is 10.0. The van der Waals surface area contributed by atoms with Crippen LogP contribution in [0.3, 0.4) is 0 Å². The first-order chi connectivity index (χ1) is 15.5. The zero-order valence-corrected chi connectivity index (χ0v) is 20.9. The Kier molecular flexibility index (Phi) is 6.33. The Bertz CT molecular complexity index is 1190. The van der Waals surface area contributed by atoms with Gasteiger partial charge in [-0.1, -0.05) is 36.0 Å². The summed E-state index contributed by atoms with van der Waals surface area (Å²) in [6.07, 6.45) is 4.52. The van der Waals surface area contributed by atoms with Crippen LogP contribution >= 0.6 is 45.8 Å². The Labute approximate surface area is 209 Å². The first-order valence-corrected chi connectivity index (χ1v) is 12.4. The van der Waals surface area contributed by atoms with Gasteiger partial charge in [-0.15, -0.1) is 0 Å². The SMILES string of the molecule is O=C(NN1CCCCCC1)c1nn(-c2ccc(Cl)cc2Cl)c2c1COc1cc(I)ccc1-2. The highest BCUT2D eigenvalue weighted by molar-refractivity contribution is 14.1. The zero-order chi connectivity index (χ0) is 22.2. The summed E-state index contributed by atoms with van der Waals surface area (Å²) in [6, 6.07) is 11.2. The third kappa shape index (κ3) is 4.23. The monoisotopic (exact) mass is 582 g/mol. The van der Waals surface area contributed by atoms with E-state index in [0.717, 1.165) is 52.1 Å². The second kappa shape index (κ2) is 9.21. The van der Waals surface area contributed by atoms with Gasteiger partial charge in [-0.25, -0.2) is 9.69 Å². The van der Waals surface area contributed by atoms with Crippen LogP contribution in [0.4, 0.5) is 0 Å². The van der Waals surface area contributed by atoms with E-state index in [2.05, 4.69) is 28.0 Å². The zero-order valence-electron chi connectivity index (χ0n) is 17.2. The number of carbonyl (C=O) groups excluding carboxylic acids is 1. The molecule has 1 N–H and O–H groups in total. The summed E-state index contributed by atoms with van der Waals surface area (Å²) in [7, 11) is 0. The molecule has 0 bridgehead atoms. The minimum absolute atomic E-state index is 0.232. The molecule has 1 saturated heterocycles. The fraction of sp³-hybridized carbons (Fsp3) is 0.304. The lowest BCUT2D eigenvalue weighted by atomic mass is 10.0. The summed E-state index contributed by atoms with van der Waals surface area (Å²) in [4.78, 5) is 13.3. The van der Waals surface area contributed by atoms with Gasteiger partial charge in [-0.2, -0.15) is 5.10 Å². The molecule has 0 atom stereocenters. The van der Waals surface area contributed by atoms with Crippen molar-refractivity contribution in [3.05, 3.63) is 61.3 Å². The highest BCUT2D eigenvalue weighted by atomic mass is 127. The number of hydrogen-bond donors (Lipinski definition) is 1. The van der Waals surface area contributed by atoms with Gasteiger partial charge < -0.3 is 4.74 Å². The smallest absolute Gasteiger partial charge is 0.286 e. The minimum Gasteiger partial charge on any atom is -0.488 e. The highest BCUT2D eigenvalue weighted by Crippen LogP contribution is 2.41. The predicted octanol–water partition coefficient (Wildman–Crippen LogP) is 5.86. The minimum atomic E-state index is -0.232. The average molecular weight is 583 g/mol. The molecule has 0 saturated carbocycles. The van der Waals surface area contributed by atoms with Gasteiger partial charge in [0.1, 0.15) is 12.4 Å². The van der Waals surface area contributed by atoms with Gasteiger partial charge in [0, 0.05) is 32.8 Å². The van der Waals surface area contributed by atoms with Crippen LogP contribution in [0.1, 0.15) is 41.7 Å². The van der Waals surface area contributed by atoms with Crippen molar-refractivity contribution in [2.45, 2.75) is 32.3 Å². The van der Waals surface area contributed by atoms with Gasteiger partial charge in [0.05, 0.1) is 16.4 Å². The van der Waals surface area contributed by atoms with Crippen molar-refractivity contribution in [3.8, 4) is 22.7 Å². The van der Waals surface area contributed by atoms with E-state index in [0.29, 0.717) is 21.4 Å². The van der Waals surface area contributed by atoms with Gasteiger partial charge in [0.15, 0.2) is 5.69 Å². The average Bonchev–Trinajstić information content (AvgIpc) is 2.96. The summed E-state index contributed by atoms with van der Waals surface area (Å²) in [5, 5.41) is 7.73. The molecule has 0 unspecified atom stereocenters. The number of hydrazine groups is 1. The van der Waals surface area contributed by atoms with Gasteiger partial charge in [0.25, 0.3) is 5.91 Å². The van der Waals surface area contributed by atoms with Crippen LogP contribution < -0.4 is 10.2 Å². The Morgan fingerprint density at radius 3 is 2.59 bits per heavy atom. The number of ether oxygens (including phenoxy) is 1. The molecule has 1 amide bonds. The van der Waals surface area contributed by atoms with E-state index in [-0.39, 0.29) is 12.5 Å². The molecule has 0 aliphatic carbocycles. The fourth-order valence-electron chi connectivity index (χ4n) is 4.21. The van der Waals surface area contributed by atoms with E-state index >= 15 is 0 Å². The van der Waals surface area contributed by atoms with E-state index in [9.17, 15) is 4.79 Å². The molecule has 1 aromatic heterocycles. The van der Waals surface area contributed by atoms with Crippen molar-refractivity contribution in [3.63, 3.8) is 0 Å². The maximum atomic E-state index is 13.3. The largest absolute Gasteiger partial charge is 0.488 e. The van der Waals surface area contributed by atoms with Gasteiger partial charge >= 0.3 is 0 Å². The molecule has 2 aliphatic rings. The molecule has 3 heterocycles. The molecule has 166 valence electrons. The van der Waals surface area contributed by atoms with Crippen LogP contribution in [0.5, 0.6) is 5.75 Å². The van der Waals surface area contributed by atoms with E-state index in [4.69, 9.17) is 33.0 Å². The van der Waals surface area contributed by atoms with Crippen LogP contribution in [-0.4, -0.2) is 33.8 Å². The molecule has 3 aromatic rings. The Morgan fingerprint density at radius 1 is 1.06 bits per heavy atom. The maximum absolute atomic E-state index is 13.3. The standard InChI is InChI=1S/C23H21Cl2IN4O2/c24-14-5-8-19(18(25)11-14)30-22-16-7-6-15(26)12-20(16)32-13-17(22)21(27-30)23(31)28-29-9-3-1-2-4-10-29/h5-8,11-12H,1-4,9-10,13H2,(H,28,31). The van der Waals surface area contributed by atoms with E-state index in [1.54, 1.807) is 16.8 Å². The maximum Gasteiger partial charge on any atom is 0.286 e. The molecule has 1 fully saturated rings. The van der Waals surface area contributed by atoms with Crippen molar-refractivity contribution in [2.75, 3.05) is 13.1 Å².